The van der Waals surface area contributed by atoms with Crippen molar-refractivity contribution in [1.29, 1.82) is 0 Å². The molecule has 0 aliphatic heterocycles. The lowest BCUT2D eigenvalue weighted by molar-refractivity contribution is -0.147. The van der Waals surface area contributed by atoms with Crippen molar-refractivity contribution < 1.29 is 18.7 Å². The average molecular weight is 351 g/mol. The van der Waals surface area contributed by atoms with Crippen molar-refractivity contribution in [3.63, 3.8) is 0 Å². The van der Waals surface area contributed by atoms with Crippen LogP contribution in [0.3, 0.4) is 0 Å². The van der Waals surface area contributed by atoms with Crippen LogP contribution in [-0.2, 0) is 27.3 Å². The zero-order valence-electron chi connectivity index (χ0n) is 14.9. The van der Waals surface area contributed by atoms with Gasteiger partial charge in [0.15, 0.2) is 6.61 Å². The van der Waals surface area contributed by atoms with Gasteiger partial charge >= 0.3 is 5.97 Å². The summed E-state index contributed by atoms with van der Waals surface area (Å²) in [5, 5.41) is 3.64. The Balaban J connectivity index is 1.49. The molecule has 2 aromatic carbocycles. The van der Waals surface area contributed by atoms with Crippen LogP contribution >= 0.6 is 0 Å². The SMILES string of the molecule is Cc1ccc2c(CC(=O)OCC(=O)NCc3ccccc3C)coc2c1. The summed E-state index contributed by atoms with van der Waals surface area (Å²) in [5.74, 6) is -0.784. The van der Waals surface area contributed by atoms with Crippen molar-refractivity contribution in [3.05, 3.63) is 71.0 Å². The molecule has 1 N–H and O–H groups in total. The number of aryl methyl sites for hydroxylation is 2. The minimum absolute atomic E-state index is 0.0706. The molecule has 1 amide bonds. The van der Waals surface area contributed by atoms with Crippen LogP contribution in [0.5, 0.6) is 0 Å². The minimum atomic E-state index is -0.459. The van der Waals surface area contributed by atoms with Gasteiger partial charge in [-0.1, -0.05) is 36.4 Å². The Kier molecular flexibility index (Phi) is 5.37. The molecule has 1 aromatic heterocycles. The van der Waals surface area contributed by atoms with Crippen molar-refractivity contribution >= 4 is 22.8 Å². The van der Waals surface area contributed by atoms with E-state index in [1.807, 2.05) is 56.3 Å². The third kappa shape index (κ3) is 4.30. The molecule has 3 rings (SSSR count). The highest BCUT2D eigenvalue weighted by atomic mass is 16.5. The lowest BCUT2D eigenvalue weighted by Crippen LogP contribution is -2.28. The van der Waals surface area contributed by atoms with E-state index in [4.69, 9.17) is 9.15 Å². The van der Waals surface area contributed by atoms with E-state index in [1.54, 1.807) is 6.26 Å². The second-order valence-electron chi connectivity index (χ2n) is 6.30. The Labute approximate surface area is 152 Å². The molecule has 0 atom stereocenters. The monoisotopic (exact) mass is 351 g/mol. The molecule has 0 fully saturated rings. The number of hydrogen-bond donors (Lipinski definition) is 1. The highest BCUT2D eigenvalue weighted by Gasteiger charge is 2.13. The van der Waals surface area contributed by atoms with Gasteiger partial charge in [0, 0.05) is 17.5 Å². The number of benzene rings is 2. The lowest BCUT2D eigenvalue weighted by Gasteiger charge is -2.08. The van der Waals surface area contributed by atoms with Gasteiger partial charge in [-0.15, -0.1) is 0 Å². The zero-order chi connectivity index (χ0) is 18.5. The zero-order valence-corrected chi connectivity index (χ0v) is 14.9. The Bertz CT molecular complexity index is 942. The summed E-state index contributed by atoms with van der Waals surface area (Å²) in [6.07, 6.45) is 1.63. The van der Waals surface area contributed by atoms with Gasteiger partial charge in [0.25, 0.3) is 5.91 Å². The molecule has 0 radical (unpaired) electrons. The van der Waals surface area contributed by atoms with Crippen molar-refractivity contribution in [3.8, 4) is 0 Å². The summed E-state index contributed by atoms with van der Waals surface area (Å²) in [6.45, 7) is 4.08. The topological polar surface area (TPSA) is 68.5 Å². The largest absolute Gasteiger partial charge is 0.464 e. The highest BCUT2D eigenvalue weighted by Crippen LogP contribution is 2.22. The molecule has 1 heterocycles. The predicted octanol–water partition coefficient (Wildman–Crippen LogP) is 3.45. The van der Waals surface area contributed by atoms with Gasteiger partial charge in [-0.05, 0) is 36.6 Å². The summed E-state index contributed by atoms with van der Waals surface area (Å²) in [5.41, 5.74) is 4.72. The van der Waals surface area contributed by atoms with Gasteiger partial charge in [-0.2, -0.15) is 0 Å². The summed E-state index contributed by atoms with van der Waals surface area (Å²) in [6, 6.07) is 13.6. The summed E-state index contributed by atoms with van der Waals surface area (Å²) >= 11 is 0. The van der Waals surface area contributed by atoms with Crippen molar-refractivity contribution in [1.82, 2.24) is 5.32 Å². The van der Waals surface area contributed by atoms with E-state index in [0.717, 1.165) is 33.2 Å². The molecule has 0 saturated heterocycles. The summed E-state index contributed by atoms with van der Waals surface area (Å²) in [7, 11) is 0. The van der Waals surface area contributed by atoms with Crippen molar-refractivity contribution in [2.24, 2.45) is 0 Å². The molecule has 0 unspecified atom stereocenters. The Morgan fingerprint density at radius 2 is 1.88 bits per heavy atom. The number of nitrogens with one attached hydrogen (secondary N) is 1. The predicted molar refractivity (Wildman–Crippen MR) is 98.6 cm³/mol. The fourth-order valence-corrected chi connectivity index (χ4v) is 2.73. The van der Waals surface area contributed by atoms with Crippen LogP contribution in [0, 0.1) is 13.8 Å². The van der Waals surface area contributed by atoms with Crippen LogP contribution in [0.2, 0.25) is 0 Å². The first-order valence-corrected chi connectivity index (χ1v) is 8.46. The van der Waals surface area contributed by atoms with Gasteiger partial charge in [0.1, 0.15) is 5.58 Å². The number of furan rings is 1. The first kappa shape index (κ1) is 17.7. The van der Waals surface area contributed by atoms with E-state index in [9.17, 15) is 9.59 Å². The number of carbonyl (C=O) groups is 2. The molecule has 0 bridgehead atoms. The second kappa shape index (κ2) is 7.87. The van der Waals surface area contributed by atoms with Gasteiger partial charge < -0.3 is 14.5 Å². The second-order valence-corrected chi connectivity index (χ2v) is 6.30. The molecule has 5 heteroatoms. The van der Waals surface area contributed by atoms with Crippen LogP contribution < -0.4 is 5.32 Å². The van der Waals surface area contributed by atoms with Crippen LogP contribution in [0.25, 0.3) is 11.0 Å². The first-order chi connectivity index (χ1) is 12.5. The lowest BCUT2D eigenvalue weighted by atomic mass is 10.1. The van der Waals surface area contributed by atoms with E-state index in [1.165, 1.54) is 0 Å². The third-order valence-corrected chi connectivity index (χ3v) is 4.25. The molecular weight excluding hydrogens is 330 g/mol. The highest BCUT2D eigenvalue weighted by molar-refractivity contribution is 5.87. The van der Waals surface area contributed by atoms with Crippen LogP contribution in [-0.4, -0.2) is 18.5 Å². The van der Waals surface area contributed by atoms with Crippen LogP contribution in [0.1, 0.15) is 22.3 Å². The molecule has 0 spiro atoms. The molecular formula is C21H21NO4. The molecule has 5 nitrogen and oxygen atoms in total. The standard InChI is InChI=1S/C21H21NO4/c1-14-7-8-18-17(12-25-19(18)9-14)10-21(24)26-13-20(23)22-11-16-6-4-3-5-15(16)2/h3-9,12H,10-11,13H2,1-2H3,(H,22,23). The molecule has 134 valence electrons. The van der Waals surface area contributed by atoms with Crippen molar-refractivity contribution in [2.75, 3.05) is 6.61 Å². The first-order valence-electron chi connectivity index (χ1n) is 8.46. The van der Waals surface area contributed by atoms with Gasteiger partial charge in [-0.3, -0.25) is 9.59 Å². The van der Waals surface area contributed by atoms with E-state index in [2.05, 4.69) is 5.32 Å². The molecule has 3 aromatic rings. The number of esters is 1. The summed E-state index contributed by atoms with van der Waals surface area (Å²) < 4.78 is 10.5. The fraction of sp³-hybridized carbons (Fsp3) is 0.238. The van der Waals surface area contributed by atoms with E-state index in [-0.39, 0.29) is 18.9 Å². The van der Waals surface area contributed by atoms with Crippen LogP contribution in [0.15, 0.2) is 53.1 Å². The molecule has 0 saturated carbocycles. The minimum Gasteiger partial charge on any atom is -0.464 e. The quantitative estimate of drug-likeness (QED) is 0.691. The Morgan fingerprint density at radius 1 is 1.08 bits per heavy atom. The number of amides is 1. The third-order valence-electron chi connectivity index (χ3n) is 4.25. The Morgan fingerprint density at radius 3 is 2.69 bits per heavy atom. The van der Waals surface area contributed by atoms with E-state index >= 15 is 0 Å². The van der Waals surface area contributed by atoms with E-state index < -0.39 is 5.97 Å². The van der Waals surface area contributed by atoms with Crippen molar-refractivity contribution in [2.45, 2.75) is 26.8 Å². The maximum absolute atomic E-state index is 12.0. The van der Waals surface area contributed by atoms with E-state index in [0.29, 0.717) is 6.54 Å². The van der Waals surface area contributed by atoms with Gasteiger partial charge in [0.2, 0.25) is 0 Å². The molecule has 26 heavy (non-hydrogen) atoms. The molecule has 0 aliphatic rings. The maximum Gasteiger partial charge on any atom is 0.310 e. The maximum atomic E-state index is 12.0. The number of hydrogen-bond acceptors (Lipinski definition) is 4. The normalized spacial score (nSPS) is 10.7. The number of fused-ring (bicyclic) bond motifs is 1. The summed E-state index contributed by atoms with van der Waals surface area (Å²) in [4.78, 5) is 23.9. The number of rotatable bonds is 6. The molecule has 0 aliphatic carbocycles. The number of carbonyl (C=O) groups excluding carboxylic acids is 2. The average Bonchev–Trinajstić information content (AvgIpc) is 3.01. The van der Waals surface area contributed by atoms with Gasteiger partial charge in [-0.25, -0.2) is 0 Å². The van der Waals surface area contributed by atoms with Gasteiger partial charge in [0.05, 0.1) is 12.7 Å². The fourth-order valence-electron chi connectivity index (χ4n) is 2.73. The number of ether oxygens (including phenoxy) is 1. The Hall–Kier alpha value is -3.08. The van der Waals surface area contributed by atoms with Crippen LogP contribution in [0.4, 0.5) is 0 Å². The smallest absolute Gasteiger partial charge is 0.310 e.